The number of rotatable bonds is 3. The molecule has 16 heavy (non-hydrogen) atoms. The molecule has 0 amide bonds. The van der Waals surface area contributed by atoms with Gasteiger partial charge in [-0.15, -0.1) is 0 Å². The summed E-state index contributed by atoms with van der Waals surface area (Å²) in [5.74, 6) is 0.586. The molecule has 1 aliphatic heterocycles. The summed E-state index contributed by atoms with van der Waals surface area (Å²) in [6.07, 6.45) is 0.614. The van der Waals surface area contributed by atoms with E-state index in [9.17, 15) is 4.79 Å². The van der Waals surface area contributed by atoms with Crippen molar-refractivity contribution in [2.24, 2.45) is 0 Å². The number of carboxylic acids is 1. The molecular formula is C11H11BrO4. The van der Waals surface area contributed by atoms with Crippen LogP contribution in [0, 0.1) is 6.92 Å². The SMILES string of the molecule is Cc1c(CCC(=O)O)cc2c(c1Br)OCO2. The summed E-state index contributed by atoms with van der Waals surface area (Å²) in [6, 6.07) is 1.85. The van der Waals surface area contributed by atoms with Crippen LogP contribution in [-0.4, -0.2) is 17.9 Å². The molecule has 1 aromatic rings. The Morgan fingerprint density at radius 1 is 1.56 bits per heavy atom. The highest BCUT2D eigenvalue weighted by Gasteiger charge is 2.21. The van der Waals surface area contributed by atoms with E-state index in [-0.39, 0.29) is 13.2 Å². The number of carboxylic acid groups (broad SMARTS) is 1. The molecular weight excluding hydrogens is 276 g/mol. The Morgan fingerprint density at radius 3 is 3.00 bits per heavy atom. The number of hydrogen-bond donors (Lipinski definition) is 1. The summed E-state index contributed by atoms with van der Waals surface area (Å²) >= 11 is 3.44. The van der Waals surface area contributed by atoms with E-state index in [1.807, 2.05) is 13.0 Å². The Kier molecular flexibility index (Phi) is 3.05. The van der Waals surface area contributed by atoms with E-state index in [2.05, 4.69) is 15.9 Å². The van der Waals surface area contributed by atoms with Crippen LogP contribution in [0.25, 0.3) is 0 Å². The molecule has 0 bridgehead atoms. The van der Waals surface area contributed by atoms with Crippen molar-refractivity contribution in [2.75, 3.05) is 6.79 Å². The van der Waals surface area contributed by atoms with Crippen molar-refractivity contribution < 1.29 is 19.4 Å². The van der Waals surface area contributed by atoms with E-state index in [4.69, 9.17) is 14.6 Å². The molecule has 0 aromatic heterocycles. The lowest BCUT2D eigenvalue weighted by atomic mass is 10.0. The van der Waals surface area contributed by atoms with Crippen LogP contribution in [0.15, 0.2) is 10.5 Å². The van der Waals surface area contributed by atoms with Crippen molar-refractivity contribution in [1.82, 2.24) is 0 Å². The first-order chi connectivity index (χ1) is 7.59. The van der Waals surface area contributed by atoms with Gasteiger partial charge < -0.3 is 14.6 Å². The van der Waals surface area contributed by atoms with E-state index in [0.29, 0.717) is 17.9 Å². The van der Waals surface area contributed by atoms with Gasteiger partial charge in [-0.25, -0.2) is 0 Å². The largest absolute Gasteiger partial charge is 0.481 e. The van der Waals surface area contributed by atoms with Gasteiger partial charge in [-0.05, 0) is 46.5 Å². The molecule has 0 atom stereocenters. The zero-order valence-corrected chi connectivity index (χ0v) is 10.3. The van der Waals surface area contributed by atoms with Crippen molar-refractivity contribution in [3.05, 3.63) is 21.7 Å². The van der Waals surface area contributed by atoms with Crippen LogP contribution in [0.4, 0.5) is 0 Å². The third-order valence-electron chi connectivity index (χ3n) is 2.57. The van der Waals surface area contributed by atoms with Crippen LogP contribution in [0.1, 0.15) is 17.5 Å². The van der Waals surface area contributed by atoms with Gasteiger partial charge in [-0.2, -0.15) is 0 Å². The Balaban J connectivity index is 2.32. The molecule has 1 aromatic carbocycles. The maximum atomic E-state index is 10.5. The monoisotopic (exact) mass is 286 g/mol. The van der Waals surface area contributed by atoms with Gasteiger partial charge in [0.2, 0.25) is 6.79 Å². The molecule has 4 nitrogen and oxygen atoms in total. The average molecular weight is 287 g/mol. The number of halogens is 1. The highest BCUT2D eigenvalue weighted by molar-refractivity contribution is 9.10. The molecule has 0 spiro atoms. The van der Waals surface area contributed by atoms with Crippen LogP contribution in [0.3, 0.4) is 0 Å². The molecule has 0 saturated carbocycles. The van der Waals surface area contributed by atoms with Gasteiger partial charge in [0.15, 0.2) is 11.5 Å². The van der Waals surface area contributed by atoms with Crippen molar-refractivity contribution in [3.63, 3.8) is 0 Å². The number of aryl methyl sites for hydroxylation is 1. The topological polar surface area (TPSA) is 55.8 Å². The molecule has 0 aliphatic carbocycles. The number of carbonyl (C=O) groups is 1. The minimum atomic E-state index is -0.798. The summed E-state index contributed by atoms with van der Waals surface area (Å²) in [7, 11) is 0. The zero-order chi connectivity index (χ0) is 11.7. The molecule has 0 fully saturated rings. The second-order valence-corrected chi connectivity index (χ2v) is 4.40. The molecule has 1 heterocycles. The van der Waals surface area contributed by atoms with Crippen LogP contribution in [0.2, 0.25) is 0 Å². The normalized spacial score (nSPS) is 12.9. The minimum absolute atomic E-state index is 0.118. The molecule has 86 valence electrons. The first-order valence-electron chi connectivity index (χ1n) is 4.89. The lowest BCUT2D eigenvalue weighted by Gasteiger charge is -2.09. The molecule has 2 rings (SSSR count). The fourth-order valence-electron chi connectivity index (χ4n) is 1.65. The molecule has 0 radical (unpaired) electrons. The van der Waals surface area contributed by atoms with Crippen LogP contribution < -0.4 is 9.47 Å². The summed E-state index contributed by atoms with van der Waals surface area (Å²) < 4.78 is 11.4. The maximum absolute atomic E-state index is 10.5. The summed E-state index contributed by atoms with van der Waals surface area (Å²) in [5.41, 5.74) is 1.98. The molecule has 0 unspecified atom stereocenters. The zero-order valence-electron chi connectivity index (χ0n) is 8.75. The van der Waals surface area contributed by atoms with Gasteiger partial charge in [-0.1, -0.05) is 0 Å². The number of aliphatic carboxylic acids is 1. The maximum Gasteiger partial charge on any atom is 0.303 e. The fourth-order valence-corrected chi connectivity index (χ4v) is 2.21. The number of benzene rings is 1. The van der Waals surface area contributed by atoms with Gasteiger partial charge in [-0.3, -0.25) is 4.79 Å². The second kappa shape index (κ2) is 4.33. The van der Waals surface area contributed by atoms with Gasteiger partial charge in [0.1, 0.15) is 0 Å². The predicted octanol–water partition coefficient (Wildman–Crippen LogP) is 2.50. The first kappa shape index (κ1) is 11.3. The Hall–Kier alpha value is -1.23. The van der Waals surface area contributed by atoms with Crippen molar-refractivity contribution in [3.8, 4) is 11.5 Å². The van der Waals surface area contributed by atoms with Gasteiger partial charge in [0.05, 0.1) is 4.47 Å². The quantitative estimate of drug-likeness (QED) is 0.928. The lowest BCUT2D eigenvalue weighted by molar-refractivity contribution is -0.136. The third-order valence-corrected chi connectivity index (χ3v) is 3.52. The van der Waals surface area contributed by atoms with Crippen molar-refractivity contribution in [1.29, 1.82) is 0 Å². The highest BCUT2D eigenvalue weighted by Crippen LogP contribution is 2.42. The smallest absolute Gasteiger partial charge is 0.303 e. The predicted molar refractivity (Wildman–Crippen MR) is 61.0 cm³/mol. The molecule has 0 saturated heterocycles. The van der Waals surface area contributed by atoms with Crippen LogP contribution in [0.5, 0.6) is 11.5 Å². The second-order valence-electron chi connectivity index (χ2n) is 3.60. The van der Waals surface area contributed by atoms with E-state index in [0.717, 1.165) is 15.6 Å². The molecule has 5 heteroatoms. The summed E-state index contributed by atoms with van der Waals surface area (Å²) in [4.78, 5) is 10.5. The number of hydrogen-bond acceptors (Lipinski definition) is 3. The van der Waals surface area contributed by atoms with Crippen LogP contribution >= 0.6 is 15.9 Å². The average Bonchev–Trinajstić information content (AvgIpc) is 2.69. The van der Waals surface area contributed by atoms with Gasteiger partial charge in [0.25, 0.3) is 0 Å². The van der Waals surface area contributed by atoms with E-state index in [1.54, 1.807) is 0 Å². The lowest BCUT2D eigenvalue weighted by Crippen LogP contribution is -1.99. The molecule has 1 N–H and O–H groups in total. The summed E-state index contributed by atoms with van der Waals surface area (Å²) in [6.45, 7) is 2.15. The minimum Gasteiger partial charge on any atom is -0.481 e. The Bertz CT molecular complexity index is 442. The summed E-state index contributed by atoms with van der Waals surface area (Å²) in [5, 5.41) is 8.66. The van der Waals surface area contributed by atoms with E-state index in [1.165, 1.54) is 0 Å². The molecule has 1 aliphatic rings. The van der Waals surface area contributed by atoms with Gasteiger partial charge in [0, 0.05) is 6.42 Å². The third kappa shape index (κ3) is 2.00. The number of fused-ring (bicyclic) bond motifs is 1. The number of ether oxygens (including phenoxy) is 2. The van der Waals surface area contributed by atoms with E-state index >= 15 is 0 Å². The van der Waals surface area contributed by atoms with Gasteiger partial charge >= 0.3 is 5.97 Å². The highest BCUT2D eigenvalue weighted by atomic mass is 79.9. The van der Waals surface area contributed by atoms with Crippen LogP contribution in [-0.2, 0) is 11.2 Å². The first-order valence-corrected chi connectivity index (χ1v) is 5.68. The van der Waals surface area contributed by atoms with Crippen molar-refractivity contribution >= 4 is 21.9 Å². The Labute approximate surface area is 101 Å². The Morgan fingerprint density at radius 2 is 2.31 bits per heavy atom. The fraction of sp³-hybridized carbons (Fsp3) is 0.364. The van der Waals surface area contributed by atoms with E-state index < -0.39 is 5.97 Å². The van der Waals surface area contributed by atoms with Crippen molar-refractivity contribution in [2.45, 2.75) is 19.8 Å². The standard InChI is InChI=1S/C11H11BrO4/c1-6-7(2-3-9(13)14)4-8-11(10(6)12)16-5-15-8/h4H,2-3,5H2,1H3,(H,13,14).